The molecule has 2 aromatic carbocycles. The predicted octanol–water partition coefficient (Wildman–Crippen LogP) is 5.56. The summed E-state index contributed by atoms with van der Waals surface area (Å²) >= 11 is 4.52. The molecule has 0 bridgehead atoms. The second-order valence-corrected chi connectivity index (χ2v) is 11.7. The summed E-state index contributed by atoms with van der Waals surface area (Å²) in [5, 5.41) is 0. The van der Waals surface area contributed by atoms with Crippen LogP contribution in [0, 0.1) is 7.14 Å². The quantitative estimate of drug-likeness (QED) is 0.187. The van der Waals surface area contributed by atoms with Crippen LogP contribution in [0.3, 0.4) is 0 Å². The Balaban J connectivity index is 1.71. The van der Waals surface area contributed by atoms with Crippen molar-refractivity contribution in [2.45, 2.75) is 62.2 Å². The van der Waals surface area contributed by atoms with Crippen molar-refractivity contribution in [3.05, 3.63) is 53.7 Å². The highest BCUT2D eigenvalue weighted by atomic mass is 127. The summed E-state index contributed by atoms with van der Waals surface area (Å²) in [6.07, 6.45) is 7.55. The minimum absolute atomic E-state index is 0.193. The maximum atomic E-state index is 13.3. The Morgan fingerprint density at radius 1 is 1.00 bits per heavy atom. The van der Waals surface area contributed by atoms with Crippen LogP contribution in [0.15, 0.2) is 29.2 Å². The molecule has 1 fully saturated rings. The van der Waals surface area contributed by atoms with Crippen molar-refractivity contribution < 1.29 is 22.5 Å². The molecule has 0 atom stereocenters. The number of hydrogen-bond acceptors (Lipinski definition) is 5. The van der Waals surface area contributed by atoms with E-state index in [1.807, 2.05) is 6.07 Å². The summed E-state index contributed by atoms with van der Waals surface area (Å²) in [6.45, 7) is 0. The molecule has 0 radical (unpaired) electrons. The van der Waals surface area contributed by atoms with Crippen LogP contribution in [0.5, 0.6) is 5.75 Å². The Morgan fingerprint density at radius 2 is 1.70 bits per heavy atom. The van der Waals surface area contributed by atoms with Gasteiger partial charge in [0.25, 0.3) is 0 Å². The number of halogens is 2. The zero-order chi connectivity index (χ0) is 21.5. The minimum atomic E-state index is -4.55. The number of rotatable bonds is 4. The van der Waals surface area contributed by atoms with Gasteiger partial charge < -0.3 is 9.29 Å². The first-order valence-electron chi connectivity index (χ1n) is 10.1. The summed E-state index contributed by atoms with van der Waals surface area (Å²) in [4.78, 5) is 13.1. The second kappa shape index (κ2) is 9.03. The number of hydrogen-bond donors (Lipinski definition) is 0. The smallest absolute Gasteiger partial charge is 0.343 e. The molecular weight excluding hydrogens is 630 g/mol. The molecule has 0 aliphatic heterocycles. The monoisotopic (exact) mass is 651 g/mol. The maximum Gasteiger partial charge on any atom is 0.343 e. The summed E-state index contributed by atoms with van der Waals surface area (Å²) in [5.74, 6) is 0.297. The highest BCUT2D eigenvalue weighted by molar-refractivity contribution is 14.1. The van der Waals surface area contributed by atoms with Crippen LogP contribution in [0.4, 0.5) is 0 Å². The van der Waals surface area contributed by atoms with Crippen molar-refractivity contribution >= 4 is 61.3 Å². The lowest BCUT2D eigenvalue weighted by Gasteiger charge is -2.25. The van der Waals surface area contributed by atoms with Crippen LogP contribution in [-0.2, 0) is 23.0 Å². The molecule has 0 N–H and O–H groups in total. The van der Waals surface area contributed by atoms with E-state index in [0.717, 1.165) is 32.0 Å². The number of carbonyl (C=O) groups is 1. The summed E-state index contributed by atoms with van der Waals surface area (Å²) in [6, 6.07) is 6.70. The number of carbonyl (C=O) groups excluding carboxylic acids is 1. The van der Waals surface area contributed by atoms with Crippen molar-refractivity contribution in [1.29, 1.82) is 0 Å². The van der Waals surface area contributed by atoms with Gasteiger partial charge in [0.05, 0.1) is 10.5 Å². The molecule has 2 aromatic rings. The van der Waals surface area contributed by atoms with E-state index in [4.69, 9.17) is 4.74 Å². The summed E-state index contributed by atoms with van der Waals surface area (Å²) in [7, 11) is -4.55. The number of benzene rings is 2. The highest BCUT2D eigenvalue weighted by Gasteiger charge is 2.28. The number of esters is 1. The van der Waals surface area contributed by atoms with Crippen molar-refractivity contribution in [3.8, 4) is 5.75 Å². The second-order valence-electron chi connectivity index (χ2n) is 7.90. The van der Waals surface area contributed by atoms with Crippen molar-refractivity contribution in [3.63, 3.8) is 0 Å². The molecule has 2 aliphatic carbocycles. The van der Waals surface area contributed by atoms with Gasteiger partial charge in [-0.15, -0.1) is 0 Å². The molecule has 30 heavy (non-hydrogen) atoms. The third kappa shape index (κ3) is 4.56. The van der Waals surface area contributed by atoms with Gasteiger partial charge in [-0.1, -0.05) is 19.3 Å². The van der Waals surface area contributed by atoms with E-state index in [2.05, 4.69) is 51.2 Å². The van der Waals surface area contributed by atoms with Crippen LogP contribution in [0.2, 0.25) is 0 Å². The average molecular weight is 651 g/mol. The molecule has 1 saturated carbocycles. The van der Waals surface area contributed by atoms with Gasteiger partial charge in [0, 0.05) is 7.14 Å². The third-order valence-corrected chi connectivity index (χ3v) is 8.43. The average Bonchev–Trinajstić information content (AvgIpc) is 3.17. The fourth-order valence-electron chi connectivity index (χ4n) is 4.68. The van der Waals surface area contributed by atoms with Gasteiger partial charge in [-0.3, -0.25) is 0 Å². The SMILES string of the molecule is O=C(Oc1ccc(S(=O)(=O)[O-])c2c1CCC2)c1cc(I)cc(I)c1C1CCCCC1. The largest absolute Gasteiger partial charge is 0.744 e. The molecule has 4 rings (SSSR count). The summed E-state index contributed by atoms with van der Waals surface area (Å²) in [5.41, 5.74) is 2.82. The minimum Gasteiger partial charge on any atom is -0.744 e. The molecule has 160 valence electrons. The van der Waals surface area contributed by atoms with Crippen LogP contribution in [-0.4, -0.2) is 18.9 Å². The van der Waals surface area contributed by atoms with Gasteiger partial charge in [0.1, 0.15) is 15.9 Å². The van der Waals surface area contributed by atoms with E-state index in [1.165, 1.54) is 31.4 Å². The zero-order valence-corrected chi connectivity index (χ0v) is 21.4. The molecule has 0 aromatic heterocycles. The molecule has 0 unspecified atom stereocenters. The molecule has 8 heteroatoms. The van der Waals surface area contributed by atoms with Crippen molar-refractivity contribution in [2.24, 2.45) is 0 Å². The highest BCUT2D eigenvalue weighted by Crippen LogP contribution is 2.39. The Labute approximate surface area is 204 Å². The fraction of sp³-hybridized carbons (Fsp3) is 0.409. The molecule has 0 heterocycles. The first kappa shape index (κ1) is 22.5. The van der Waals surface area contributed by atoms with E-state index in [0.29, 0.717) is 41.2 Å². The molecule has 2 aliphatic rings. The molecule has 0 saturated heterocycles. The Kier molecular flexibility index (Phi) is 6.76. The summed E-state index contributed by atoms with van der Waals surface area (Å²) < 4.78 is 42.6. The van der Waals surface area contributed by atoms with Gasteiger partial charge in [-0.05, 0) is 124 Å². The van der Waals surface area contributed by atoms with E-state index in [9.17, 15) is 17.8 Å². The molecule has 5 nitrogen and oxygen atoms in total. The molecular formula is C22H21I2O5S-. The number of fused-ring (bicyclic) bond motifs is 1. The first-order valence-corrected chi connectivity index (χ1v) is 13.6. The van der Waals surface area contributed by atoms with Crippen molar-refractivity contribution in [1.82, 2.24) is 0 Å². The normalized spacial score (nSPS) is 17.0. The molecule has 0 spiro atoms. The Bertz CT molecular complexity index is 1100. The fourth-order valence-corrected chi connectivity index (χ4v) is 7.73. The van der Waals surface area contributed by atoms with Crippen LogP contribution in [0.25, 0.3) is 0 Å². The third-order valence-electron chi connectivity index (χ3n) is 6.00. The topological polar surface area (TPSA) is 83.5 Å². The predicted molar refractivity (Wildman–Crippen MR) is 129 cm³/mol. The van der Waals surface area contributed by atoms with E-state index < -0.39 is 16.1 Å². The van der Waals surface area contributed by atoms with E-state index in [-0.39, 0.29) is 4.90 Å². The van der Waals surface area contributed by atoms with E-state index >= 15 is 0 Å². The van der Waals surface area contributed by atoms with Crippen LogP contribution in [0.1, 0.15) is 71.5 Å². The Morgan fingerprint density at radius 3 is 2.40 bits per heavy atom. The van der Waals surface area contributed by atoms with Gasteiger partial charge in [-0.2, -0.15) is 0 Å². The van der Waals surface area contributed by atoms with Gasteiger partial charge in [0.15, 0.2) is 0 Å². The number of ether oxygens (including phenoxy) is 1. The van der Waals surface area contributed by atoms with Gasteiger partial charge in [0.2, 0.25) is 0 Å². The lowest BCUT2D eigenvalue weighted by Crippen LogP contribution is -2.17. The maximum absolute atomic E-state index is 13.3. The molecule has 0 amide bonds. The lowest BCUT2D eigenvalue weighted by molar-refractivity contribution is 0.0731. The lowest BCUT2D eigenvalue weighted by atomic mass is 9.82. The van der Waals surface area contributed by atoms with Gasteiger partial charge >= 0.3 is 5.97 Å². The zero-order valence-electron chi connectivity index (χ0n) is 16.2. The van der Waals surface area contributed by atoms with Crippen LogP contribution < -0.4 is 4.74 Å². The van der Waals surface area contributed by atoms with E-state index in [1.54, 1.807) is 0 Å². The van der Waals surface area contributed by atoms with Crippen molar-refractivity contribution in [2.75, 3.05) is 0 Å². The van der Waals surface area contributed by atoms with Crippen LogP contribution >= 0.6 is 45.2 Å². The first-order chi connectivity index (χ1) is 14.3. The standard InChI is InChI=1S/C22H22I2O5S/c23-14-11-17(21(18(24)12-14)13-5-2-1-3-6-13)22(25)29-19-9-10-20(30(26,27)28)16-8-4-7-15(16)19/h9-13H,1-8H2,(H,26,27,28)/p-1. The Hall–Kier alpha value is -0.720. The van der Waals surface area contributed by atoms with Gasteiger partial charge in [-0.25, -0.2) is 13.2 Å².